The predicted octanol–water partition coefficient (Wildman–Crippen LogP) is 1.93. The van der Waals surface area contributed by atoms with Crippen LogP contribution in [-0.2, 0) is 4.84 Å². The van der Waals surface area contributed by atoms with Gasteiger partial charge in [0, 0.05) is 18.6 Å². The van der Waals surface area contributed by atoms with Gasteiger partial charge in [0.2, 0.25) is 0 Å². The van der Waals surface area contributed by atoms with Crippen LogP contribution in [0.2, 0.25) is 0 Å². The molecule has 0 amide bonds. The van der Waals surface area contributed by atoms with E-state index in [0.717, 1.165) is 19.2 Å². The van der Waals surface area contributed by atoms with Gasteiger partial charge in [0.25, 0.3) is 0 Å². The summed E-state index contributed by atoms with van der Waals surface area (Å²) in [5, 5.41) is 5.86. The van der Waals surface area contributed by atoms with Crippen LogP contribution in [0.5, 0.6) is 0 Å². The number of nitrogens with zero attached hydrogens (tertiary/aromatic N) is 1. The van der Waals surface area contributed by atoms with Crippen molar-refractivity contribution in [3.63, 3.8) is 0 Å². The third kappa shape index (κ3) is 3.16. The zero-order valence-corrected chi connectivity index (χ0v) is 9.87. The van der Waals surface area contributed by atoms with E-state index in [-0.39, 0.29) is 0 Å². The SMILES string of the molecule is CCCNC1CCC(N2CCCO2)CC1. The monoisotopic (exact) mass is 212 g/mol. The molecule has 0 aromatic heterocycles. The summed E-state index contributed by atoms with van der Waals surface area (Å²) in [6.45, 7) is 5.50. The van der Waals surface area contributed by atoms with Gasteiger partial charge in [-0.3, -0.25) is 4.84 Å². The van der Waals surface area contributed by atoms with E-state index in [1.807, 2.05) is 0 Å². The quantitative estimate of drug-likeness (QED) is 0.770. The summed E-state index contributed by atoms with van der Waals surface area (Å²) in [7, 11) is 0. The molecule has 88 valence electrons. The molecule has 2 rings (SSSR count). The van der Waals surface area contributed by atoms with Crippen LogP contribution >= 0.6 is 0 Å². The molecular formula is C12H24N2O. The Hall–Kier alpha value is -0.120. The summed E-state index contributed by atoms with van der Waals surface area (Å²) in [4.78, 5) is 5.62. The van der Waals surface area contributed by atoms with Gasteiger partial charge in [0.15, 0.2) is 0 Å². The van der Waals surface area contributed by atoms with Gasteiger partial charge in [0.05, 0.1) is 6.61 Å². The smallest absolute Gasteiger partial charge is 0.0698 e. The molecule has 2 fully saturated rings. The second-order valence-corrected chi connectivity index (χ2v) is 4.79. The summed E-state index contributed by atoms with van der Waals surface area (Å²) in [6, 6.07) is 1.47. The van der Waals surface area contributed by atoms with Crippen LogP contribution in [0.25, 0.3) is 0 Å². The molecule has 1 heterocycles. The first kappa shape index (κ1) is 11.4. The van der Waals surface area contributed by atoms with E-state index in [4.69, 9.17) is 4.84 Å². The second kappa shape index (κ2) is 5.83. The number of hydrogen-bond donors (Lipinski definition) is 1. The van der Waals surface area contributed by atoms with Crippen LogP contribution in [0, 0.1) is 0 Å². The Morgan fingerprint density at radius 1 is 1.27 bits per heavy atom. The van der Waals surface area contributed by atoms with Crippen molar-refractivity contribution in [3.8, 4) is 0 Å². The van der Waals surface area contributed by atoms with Crippen molar-refractivity contribution in [1.82, 2.24) is 10.4 Å². The van der Waals surface area contributed by atoms with Crippen molar-refractivity contribution in [3.05, 3.63) is 0 Å². The molecule has 1 aliphatic carbocycles. The van der Waals surface area contributed by atoms with Gasteiger partial charge < -0.3 is 5.32 Å². The Kier molecular flexibility index (Phi) is 4.42. The van der Waals surface area contributed by atoms with Gasteiger partial charge in [-0.15, -0.1) is 0 Å². The number of hydroxylamine groups is 2. The Morgan fingerprint density at radius 2 is 2.07 bits per heavy atom. The number of rotatable bonds is 4. The molecular weight excluding hydrogens is 188 g/mol. The number of hydrogen-bond acceptors (Lipinski definition) is 3. The Morgan fingerprint density at radius 3 is 2.67 bits per heavy atom. The summed E-state index contributed by atoms with van der Waals surface area (Å²) in [5.74, 6) is 0. The van der Waals surface area contributed by atoms with Crippen molar-refractivity contribution >= 4 is 0 Å². The molecule has 0 bridgehead atoms. The molecule has 0 atom stereocenters. The van der Waals surface area contributed by atoms with Gasteiger partial charge in [-0.25, -0.2) is 0 Å². The van der Waals surface area contributed by atoms with Crippen molar-refractivity contribution in [1.29, 1.82) is 0 Å². The average molecular weight is 212 g/mol. The van der Waals surface area contributed by atoms with Crippen LogP contribution in [0.4, 0.5) is 0 Å². The zero-order chi connectivity index (χ0) is 10.5. The highest BCUT2D eigenvalue weighted by molar-refractivity contribution is 4.81. The summed E-state index contributed by atoms with van der Waals surface area (Å²) in [6.07, 6.45) is 7.72. The Bertz CT molecular complexity index is 172. The molecule has 1 N–H and O–H groups in total. The maximum absolute atomic E-state index is 5.62. The van der Waals surface area contributed by atoms with Gasteiger partial charge in [-0.05, 0) is 45.1 Å². The van der Waals surface area contributed by atoms with Crippen molar-refractivity contribution in [2.75, 3.05) is 19.7 Å². The average Bonchev–Trinajstić information content (AvgIpc) is 2.80. The Balaban J connectivity index is 1.67. The first-order chi connectivity index (χ1) is 7.40. The molecule has 3 heteroatoms. The minimum absolute atomic E-state index is 0.701. The molecule has 3 nitrogen and oxygen atoms in total. The van der Waals surface area contributed by atoms with Crippen molar-refractivity contribution in [2.24, 2.45) is 0 Å². The third-order valence-corrected chi connectivity index (χ3v) is 3.57. The van der Waals surface area contributed by atoms with Crippen LogP contribution in [-0.4, -0.2) is 36.8 Å². The zero-order valence-electron chi connectivity index (χ0n) is 9.87. The molecule has 0 radical (unpaired) electrons. The van der Waals surface area contributed by atoms with Gasteiger partial charge in [0.1, 0.15) is 0 Å². The fourth-order valence-electron chi connectivity index (χ4n) is 2.67. The molecule has 1 saturated heterocycles. The maximum atomic E-state index is 5.62. The number of nitrogens with one attached hydrogen (secondary N) is 1. The minimum Gasteiger partial charge on any atom is -0.314 e. The van der Waals surface area contributed by atoms with Crippen LogP contribution < -0.4 is 5.32 Å². The van der Waals surface area contributed by atoms with E-state index in [2.05, 4.69) is 17.3 Å². The van der Waals surface area contributed by atoms with Crippen LogP contribution in [0.1, 0.15) is 45.4 Å². The van der Waals surface area contributed by atoms with E-state index in [0.29, 0.717) is 6.04 Å². The van der Waals surface area contributed by atoms with Gasteiger partial charge in [-0.2, -0.15) is 5.06 Å². The van der Waals surface area contributed by atoms with E-state index in [9.17, 15) is 0 Å². The Labute approximate surface area is 93.1 Å². The highest BCUT2D eigenvalue weighted by Gasteiger charge is 2.27. The van der Waals surface area contributed by atoms with Crippen molar-refractivity contribution < 1.29 is 4.84 Å². The standard InChI is InChI=1S/C12H24N2O/c1-2-8-13-11-4-6-12(7-5-11)14-9-3-10-15-14/h11-13H,2-10H2,1H3. The van der Waals surface area contributed by atoms with E-state index < -0.39 is 0 Å². The fourth-order valence-corrected chi connectivity index (χ4v) is 2.67. The van der Waals surface area contributed by atoms with Gasteiger partial charge >= 0.3 is 0 Å². The lowest BCUT2D eigenvalue weighted by molar-refractivity contribution is -0.148. The first-order valence-corrected chi connectivity index (χ1v) is 6.53. The minimum atomic E-state index is 0.701. The summed E-state index contributed by atoms with van der Waals surface area (Å²) < 4.78 is 0. The second-order valence-electron chi connectivity index (χ2n) is 4.79. The molecule has 2 aliphatic rings. The third-order valence-electron chi connectivity index (χ3n) is 3.57. The van der Waals surface area contributed by atoms with E-state index >= 15 is 0 Å². The lowest BCUT2D eigenvalue weighted by Gasteiger charge is -2.33. The molecule has 15 heavy (non-hydrogen) atoms. The topological polar surface area (TPSA) is 24.5 Å². The molecule has 1 saturated carbocycles. The fraction of sp³-hybridized carbons (Fsp3) is 1.00. The molecule has 0 aromatic carbocycles. The normalized spacial score (nSPS) is 33.4. The van der Waals surface area contributed by atoms with Gasteiger partial charge in [-0.1, -0.05) is 6.92 Å². The summed E-state index contributed by atoms with van der Waals surface area (Å²) >= 11 is 0. The predicted molar refractivity (Wildman–Crippen MR) is 61.6 cm³/mol. The first-order valence-electron chi connectivity index (χ1n) is 6.53. The maximum Gasteiger partial charge on any atom is 0.0698 e. The molecule has 1 aliphatic heterocycles. The van der Waals surface area contributed by atoms with E-state index in [1.54, 1.807) is 0 Å². The van der Waals surface area contributed by atoms with Crippen LogP contribution in [0.3, 0.4) is 0 Å². The van der Waals surface area contributed by atoms with Crippen molar-refractivity contribution in [2.45, 2.75) is 57.5 Å². The van der Waals surface area contributed by atoms with E-state index in [1.165, 1.54) is 45.1 Å². The van der Waals surface area contributed by atoms with Crippen LogP contribution in [0.15, 0.2) is 0 Å². The lowest BCUT2D eigenvalue weighted by atomic mass is 9.91. The summed E-state index contributed by atoms with van der Waals surface area (Å²) in [5.41, 5.74) is 0. The highest BCUT2D eigenvalue weighted by atomic mass is 16.7. The molecule has 0 unspecified atom stereocenters. The highest BCUT2D eigenvalue weighted by Crippen LogP contribution is 2.25. The molecule has 0 aromatic rings. The lowest BCUT2D eigenvalue weighted by Crippen LogP contribution is -2.41. The largest absolute Gasteiger partial charge is 0.314 e. The molecule has 0 spiro atoms.